The number of hydrogen-bond acceptors (Lipinski definition) is 5. The van der Waals surface area contributed by atoms with Gasteiger partial charge < -0.3 is 22.6 Å². The summed E-state index contributed by atoms with van der Waals surface area (Å²) in [6.45, 7) is 0. The van der Waals surface area contributed by atoms with E-state index < -0.39 is 0 Å². The zero-order chi connectivity index (χ0) is 86.8. The molecule has 5 heteroatoms. The Morgan fingerprint density at radius 2 is 0.481 bits per heavy atom. The van der Waals surface area contributed by atoms with Crippen LogP contribution < -0.4 is 4.90 Å². The van der Waals surface area contributed by atoms with Gasteiger partial charge >= 0.3 is 0 Å². The summed E-state index contributed by atoms with van der Waals surface area (Å²) in [6, 6.07) is 160. The fraction of sp³-hybridized carbons (Fsp3) is 0. The highest BCUT2D eigenvalue weighted by Crippen LogP contribution is 2.56. The number of benzene rings is 27. The van der Waals surface area contributed by atoms with Crippen molar-refractivity contribution in [3.8, 4) is 77.9 Å². The van der Waals surface area contributed by atoms with E-state index in [4.69, 9.17) is 17.7 Å². The maximum absolute atomic E-state index is 6.88. The molecule has 31 aromatic rings. The molecule has 31 rings (SSSR count). The summed E-state index contributed by atoms with van der Waals surface area (Å²) in [5, 5.41) is 37.7. The van der Waals surface area contributed by atoms with Gasteiger partial charge in [-0.2, -0.15) is 0 Å². The normalized spacial score (nSPS) is 12.2. The molecule has 0 aliphatic heterocycles. The second-order valence-corrected chi connectivity index (χ2v) is 35.7. The summed E-state index contributed by atoms with van der Waals surface area (Å²) < 4.78 is 26.5. The molecule has 0 aliphatic carbocycles. The molecule has 4 heterocycles. The van der Waals surface area contributed by atoms with Gasteiger partial charge in [0.2, 0.25) is 0 Å². The Labute approximate surface area is 761 Å². The number of furan rings is 4. The number of rotatable bonds is 10. The predicted octanol–water partition coefficient (Wildman–Crippen LogP) is 37.1. The van der Waals surface area contributed by atoms with Crippen LogP contribution in [0.1, 0.15) is 0 Å². The standard InChI is InChI=1S/C50H29NO2.C40H22O.C38H22O/c1-2-9-30(10-3-1)33-12-6-13-36(27-33)51(37-25-26-44-42(29-37)38-14-4-5-17-43(38)52-44)35-23-21-31(22-24-35)41-28-34-20-19-32-11-7-15-39-40-16-8-18-45-48(40)49(50(41)53-45)47(34)46(32)39;1-2-9-23(10-3-1)34-26-12-4-6-14-29(26)37(30-15-7-5-13-27(30)34)32-21-20-31-28-16-8-11-24-17-18-25-19-22-33-39(36(25)35(24)28)38(31)40(32)41-33;1-2-5-23(6-3-1)24-9-11-25(12-10-24)26-13-15-27(16-14-26)30-20-21-32-31-8-4-7-28-17-18-29-19-22-33-37(35(29)34(28)31)36(32)38(30)39-33/h1-29H;1-22H;1-22H. The lowest BCUT2D eigenvalue weighted by Crippen LogP contribution is -2.10. The first-order chi connectivity index (χ1) is 66.0. The maximum atomic E-state index is 6.88. The van der Waals surface area contributed by atoms with E-state index in [-0.39, 0.29) is 0 Å². The number of para-hydroxylation sites is 1. The van der Waals surface area contributed by atoms with E-state index in [1.165, 1.54) is 206 Å². The Morgan fingerprint density at radius 3 is 1.05 bits per heavy atom. The van der Waals surface area contributed by atoms with Crippen LogP contribution in [0.15, 0.2) is 461 Å². The van der Waals surface area contributed by atoms with Gasteiger partial charge in [-0.25, -0.2) is 0 Å². The number of hydrogen-bond donors (Lipinski definition) is 0. The van der Waals surface area contributed by atoms with Gasteiger partial charge in [-0.1, -0.05) is 358 Å². The van der Waals surface area contributed by atoms with Crippen molar-refractivity contribution in [2.75, 3.05) is 4.90 Å². The minimum absolute atomic E-state index is 0.880. The van der Waals surface area contributed by atoms with Crippen molar-refractivity contribution in [1.82, 2.24) is 0 Å². The Balaban J connectivity index is 0.0000000989. The van der Waals surface area contributed by atoms with Gasteiger partial charge in [-0.15, -0.1) is 0 Å². The average molecular weight is 1690 g/mol. The molecule has 0 unspecified atom stereocenters. The van der Waals surface area contributed by atoms with Crippen LogP contribution >= 0.6 is 0 Å². The molecular formula is C128H73NO4. The zero-order valence-corrected chi connectivity index (χ0v) is 71.7. The van der Waals surface area contributed by atoms with Gasteiger partial charge in [-0.05, 0) is 243 Å². The van der Waals surface area contributed by atoms with Gasteiger partial charge in [0.05, 0.1) is 0 Å². The summed E-state index contributed by atoms with van der Waals surface area (Å²) in [6.07, 6.45) is 0. The maximum Gasteiger partial charge on any atom is 0.143 e. The van der Waals surface area contributed by atoms with Gasteiger partial charge in [0.15, 0.2) is 0 Å². The third kappa shape index (κ3) is 10.9. The first-order valence-electron chi connectivity index (χ1n) is 45.7. The van der Waals surface area contributed by atoms with Gasteiger partial charge in [-0.3, -0.25) is 0 Å². The zero-order valence-electron chi connectivity index (χ0n) is 71.7. The molecule has 4 aromatic heterocycles. The van der Waals surface area contributed by atoms with Crippen molar-refractivity contribution >= 4 is 223 Å². The van der Waals surface area contributed by atoms with E-state index >= 15 is 0 Å². The highest BCUT2D eigenvalue weighted by Gasteiger charge is 2.30. The summed E-state index contributed by atoms with van der Waals surface area (Å²) in [5.41, 5.74) is 27.4. The summed E-state index contributed by atoms with van der Waals surface area (Å²) >= 11 is 0. The van der Waals surface area contributed by atoms with Gasteiger partial charge in [0, 0.05) is 98.6 Å². The molecule has 0 saturated heterocycles. The van der Waals surface area contributed by atoms with Crippen molar-refractivity contribution in [2.45, 2.75) is 0 Å². The molecule has 614 valence electrons. The van der Waals surface area contributed by atoms with E-state index in [9.17, 15) is 0 Å². The molecular weight excluding hydrogens is 1620 g/mol. The van der Waals surface area contributed by atoms with Crippen molar-refractivity contribution in [3.63, 3.8) is 0 Å². The fourth-order valence-corrected chi connectivity index (χ4v) is 22.9. The minimum Gasteiger partial charge on any atom is -0.456 e. The Bertz CT molecular complexity index is 10000. The van der Waals surface area contributed by atoms with Crippen LogP contribution in [-0.4, -0.2) is 0 Å². The summed E-state index contributed by atoms with van der Waals surface area (Å²) in [4.78, 5) is 2.34. The van der Waals surface area contributed by atoms with E-state index in [0.717, 1.165) is 94.8 Å². The number of fused-ring (bicyclic) bond motifs is 8. The van der Waals surface area contributed by atoms with E-state index in [2.05, 4.69) is 436 Å². The van der Waals surface area contributed by atoms with E-state index in [0.29, 0.717) is 0 Å². The van der Waals surface area contributed by atoms with Crippen LogP contribution in [0.3, 0.4) is 0 Å². The minimum atomic E-state index is 0.880. The second kappa shape index (κ2) is 28.4. The average Bonchev–Trinajstić information content (AvgIpc) is 1.58. The molecule has 0 aliphatic rings. The lowest BCUT2D eigenvalue weighted by Gasteiger charge is -2.26. The molecule has 0 atom stereocenters. The molecule has 0 amide bonds. The Hall–Kier alpha value is -17.6. The molecule has 133 heavy (non-hydrogen) atoms. The topological polar surface area (TPSA) is 55.8 Å². The Morgan fingerprint density at radius 1 is 0.135 bits per heavy atom. The quantitative estimate of drug-likeness (QED) is 0.101. The van der Waals surface area contributed by atoms with Crippen LogP contribution in [0.5, 0.6) is 0 Å². The molecule has 0 spiro atoms. The highest BCUT2D eigenvalue weighted by molar-refractivity contribution is 6.44. The highest BCUT2D eigenvalue weighted by atomic mass is 16.3. The monoisotopic (exact) mass is 1690 g/mol. The van der Waals surface area contributed by atoms with Crippen LogP contribution in [0.2, 0.25) is 0 Å². The smallest absolute Gasteiger partial charge is 0.143 e. The lowest BCUT2D eigenvalue weighted by molar-refractivity contribution is 0.669. The summed E-state index contributed by atoms with van der Waals surface area (Å²) in [5.74, 6) is 0. The van der Waals surface area contributed by atoms with E-state index in [1.807, 2.05) is 12.1 Å². The largest absolute Gasteiger partial charge is 0.456 e. The molecule has 0 saturated carbocycles. The Kier molecular flexibility index (Phi) is 15.7. The van der Waals surface area contributed by atoms with Crippen molar-refractivity contribution in [1.29, 1.82) is 0 Å². The van der Waals surface area contributed by atoms with Crippen LogP contribution in [0.25, 0.3) is 284 Å². The fourth-order valence-electron chi connectivity index (χ4n) is 22.9. The van der Waals surface area contributed by atoms with Crippen molar-refractivity contribution < 1.29 is 17.7 Å². The predicted molar refractivity (Wildman–Crippen MR) is 561 cm³/mol. The first-order valence-corrected chi connectivity index (χ1v) is 45.7. The number of anilines is 3. The number of nitrogens with zero attached hydrogens (tertiary/aromatic N) is 1. The third-order valence-electron chi connectivity index (χ3n) is 28.7. The van der Waals surface area contributed by atoms with Crippen molar-refractivity contribution in [2.24, 2.45) is 0 Å². The van der Waals surface area contributed by atoms with Crippen LogP contribution in [0.4, 0.5) is 17.1 Å². The molecule has 0 N–H and O–H groups in total. The SMILES string of the molecule is c1ccc(-c2c3ccccc3c(-c3ccc4c5cccc6ccc7ccc8oc3c4c8c7c65)c3ccccc23)cc1.c1ccc(-c2ccc(-c3ccc(-c4ccc5c6cccc7ccc8ccc9oc4c5c9c8c76)cc3)cc2)cc1.c1ccc(-c2cccc(N(c3ccc(-c4cc5ccc6cccc7c8cccc9oc4c(c98)c5c67)cc3)c3ccc4oc5ccccc5c4c3)c2)cc1. The molecule has 5 nitrogen and oxygen atoms in total. The lowest BCUT2D eigenvalue weighted by atomic mass is 9.84. The molecule has 0 fully saturated rings. The van der Waals surface area contributed by atoms with Gasteiger partial charge in [0.25, 0.3) is 0 Å². The third-order valence-corrected chi connectivity index (χ3v) is 28.7. The summed E-state index contributed by atoms with van der Waals surface area (Å²) in [7, 11) is 0. The molecule has 27 aromatic carbocycles. The van der Waals surface area contributed by atoms with Crippen LogP contribution in [0, 0.1) is 0 Å². The van der Waals surface area contributed by atoms with Gasteiger partial charge in [0.1, 0.15) is 44.7 Å². The molecule has 0 bridgehead atoms. The first kappa shape index (κ1) is 73.4. The van der Waals surface area contributed by atoms with E-state index in [1.54, 1.807) is 0 Å². The van der Waals surface area contributed by atoms with Crippen molar-refractivity contribution in [3.05, 3.63) is 443 Å². The van der Waals surface area contributed by atoms with Crippen LogP contribution in [-0.2, 0) is 0 Å². The molecule has 0 radical (unpaired) electrons. The second-order valence-electron chi connectivity index (χ2n) is 35.7.